The molecule has 1 amide bonds. The number of rotatable bonds is 5. The van der Waals surface area contributed by atoms with Gasteiger partial charge in [-0.3, -0.25) is 4.79 Å². The van der Waals surface area contributed by atoms with Crippen LogP contribution in [0.5, 0.6) is 5.75 Å². The van der Waals surface area contributed by atoms with E-state index in [1.165, 1.54) is 0 Å². The molecule has 1 fully saturated rings. The predicted molar refractivity (Wildman–Crippen MR) is 81.1 cm³/mol. The molecule has 1 aliphatic rings. The van der Waals surface area contributed by atoms with Gasteiger partial charge in [0.15, 0.2) is 0 Å². The summed E-state index contributed by atoms with van der Waals surface area (Å²) in [5.41, 5.74) is 0.597. The Morgan fingerprint density at radius 2 is 2.14 bits per heavy atom. The third-order valence-corrected chi connectivity index (χ3v) is 3.75. The van der Waals surface area contributed by atoms with Crippen LogP contribution in [-0.2, 0) is 0 Å². The normalized spacial score (nSPS) is 21.3. The number of terminal acetylenes is 1. The lowest BCUT2D eigenvalue weighted by Crippen LogP contribution is -2.32. The number of amides is 1. The number of hydrogen-bond acceptors (Lipinski definition) is 3. The van der Waals surface area contributed by atoms with E-state index in [4.69, 9.17) is 11.2 Å². The molecule has 4 nitrogen and oxygen atoms in total. The Morgan fingerprint density at radius 1 is 1.38 bits per heavy atom. The van der Waals surface area contributed by atoms with Crippen LogP contribution < -0.4 is 10.1 Å². The van der Waals surface area contributed by atoms with E-state index in [1.807, 2.05) is 0 Å². The Balaban J connectivity index is 1.81. The van der Waals surface area contributed by atoms with Crippen LogP contribution in [0.2, 0.25) is 0 Å². The van der Waals surface area contributed by atoms with Crippen molar-refractivity contribution in [3.05, 3.63) is 29.8 Å². The monoisotopic (exact) mass is 287 g/mol. The van der Waals surface area contributed by atoms with Crippen LogP contribution >= 0.6 is 0 Å². The van der Waals surface area contributed by atoms with Gasteiger partial charge in [-0.2, -0.15) is 0 Å². The average Bonchev–Trinajstić information content (AvgIpc) is 2.51. The van der Waals surface area contributed by atoms with Gasteiger partial charge < -0.3 is 15.2 Å². The Kier molecular flexibility index (Phi) is 5.65. The molecule has 2 unspecified atom stereocenters. The maximum Gasteiger partial charge on any atom is 0.251 e. The molecule has 1 aliphatic carbocycles. The Hall–Kier alpha value is -1.99. The molecule has 21 heavy (non-hydrogen) atoms. The first-order chi connectivity index (χ1) is 10.2. The molecular formula is C17H21NO3. The fourth-order valence-corrected chi connectivity index (χ4v) is 2.61. The SMILES string of the molecule is C#CCOc1ccc(C(=O)NCC2CCCC(O)C2)cc1. The minimum atomic E-state index is -0.215. The van der Waals surface area contributed by atoms with E-state index in [2.05, 4.69) is 11.2 Å². The first-order valence-electron chi connectivity index (χ1n) is 7.31. The third-order valence-electron chi connectivity index (χ3n) is 3.75. The number of aliphatic hydroxyl groups is 1. The molecule has 1 aromatic rings. The molecule has 1 aromatic carbocycles. The fourth-order valence-electron chi connectivity index (χ4n) is 2.61. The maximum atomic E-state index is 12.0. The summed E-state index contributed by atoms with van der Waals surface area (Å²) in [5, 5.41) is 12.6. The zero-order chi connectivity index (χ0) is 15.1. The minimum Gasteiger partial charge on any atom is -0.481 e. The number of carbonyl (C=O) groups excluding carboxylic acids is 1. The molecule has 0 radical (unpaired) electrons. The van der Waals surface area contributed by atoms with Gasteiger partial charge >= 0.3 is 0 Å². The second-order valence-corrected chi connectivity index (χ2v) is 5.41. The molecule has 2 rings (SSSR count). The number of nitrogens with one attached hydrogen (secondary N) is 1. The van der Waals surface area contributed by atoms with Crippen LogP contribution in [0.1, 0.15) is 36.0 Å². The molecule has 112 valence electrons. The molecule has 0 heterocycles. The van der Waals surface area contributed by atoms with Crippen LogP contribution in [-0.4, -0.2) is 30.3 Å². The smallest absolute Gasteiger partial charge is 0.251 e. The van der Waals surface area contributed by atoms with Gasteiger partial charge in [-0.05, 0) is 49.4 Å². The molecule has 0 aromatic heterocycles. The number of hydrogen-bond donors (Lipinski definition) is 2. The van der Waals surface area contributed by atoms with Gasteiger partial charge in [0.1, 0.15) is 12.4 Å². The molecule has 0 saturated heterocycles. The van der Waals surface area contributed by atoms with E-state index in [1.54, 1.807) is 24.3 Å². The first kappa shape index (κ1) is 15.4. The summed E-state index contributed by atoms with van der Waals surface area (Å²) in [7, 11) is 0. The van der Waals surface area contributed by atoms with Crippen molar-refractivity contribution in [1.82, 2.24) is 5.32 Å². The van der Waals surface area contributed by atoms with Gasteiger partial charge in [0.25, 0.3) is 5.91 Å². The summed E-state index contributed by atoms with van der Waals surface area (Å²) >= 11 is 0. The number of benzene rings is 1. The number of carbonyl (C=O) groups is 1. The summed E-state index contributed by atoms with van der Waals surface area (Å²) in [6.07, 6.45) is 8.65. The number of aliphatic hydroxyl groups excluding tert-OH is 1. The van der Waals surface area contributed by atoms with Crippen LogP contribution in [0, 0.1) is 18.3 Å². The van der Waals surface area contributed by atoms with Crippen molar-refractivity contribution in [3.8, 4) is 18.1 Å². The van der Waals surface area contributed by atoms with Crippen molar-refractivity contribution >= 4 is 5.91 Å². The van der Waals surface area contributed by atoms with Crippen LogP contribution in [0.25, 0.3) is 0 Å². The first-order valence-corrected chi connectivity index (χ1v) is 7.31. The Labute approximate surface area is 125 Å². The quantitative estimate of drug-likeness (QED) is 0.814. The standard InChI is InChI=1S/C17H21NO3/c1-2-10-21-16-8-6-14(7-9-16)17(20)18-12-13-4-3-5-15(19)11-13/h1,6-9,13,15,19H,3-5,10-12H2,(H,18,20). The Morgan fingerprint density at radius 3 is 2.81 bits per heavy atom. The lowest BCUT2D eigenvalue weighted by molar-refractivity contribution is 0.0874. The highest BCUT2D eigenvalue weighted by molar-refractivity contribution is 5.94. The van der Waals surface area contributed by atoms with Crippen molar-refractivity contribution in [2.45, 2.75) is 31.8 Å². The highest BCUT2D eigenvalue weighted by Gasteiger charge is 2.20. The molecule has 1 saturated carbocycles. The van der Waals surface area contributed by atoms with Crippen molar-refractivity contribution in [3.63, 3.8) is 0 Å². The van der Waals surface area contributed by atoms with Crippen LogP contribution in [0.3, 0.4) is 0 Å². The highest BCUT2D eigenvalue weighted by Crippen LogP contribution is 2.23. The van der Waals surface area contributed by atoms with Gasteiger partial charge in [0, 0.05) is 12.1 Å². The zero-order valence-corrected chi connectivity index (χ0v) is 12.0. The lowest BCUT2D eigenvalue weighted by Gasteiger charge is -2.25. The summed E-state index contributed by atoms with van der Waals surface area (Å²) in [6, 6.07) is 6.90. The highest BCUT2D eigenvalue weighted by atomic mass is 16.5. The van der Waals surface area contributed by atoms with Gasteiger partial charge in [0.05, 0.1) is 6.10 Å². The average molecular weight is 287 g/mol. The van der Waals surface area contributed by atoms with E-state index in [-0.39, 0.29) is 18.6 Å². The molecule has 0 aliphatic heterocycles. The summed E-state index contributed by atoms with van der Waals surface area (Å²) in [6.45, 7) is 0.834. The summed E-state index contributed by atoms with van der Waals surface area (Å²) < 4.78 is 5.26. The molecule has 2 N–H and O–H groups in total. The minimum absolute atomic E-state index is 0.0986. The van der Waals surface area contributed by atoms with E-state index in [0.29, 0.717) is 23.8 Å². The van der Waals surface area contributed by atoms with E-state index < -0.39 is 0 Å². The molecule has 4 heteroatoms. The summed E-state index contributed by atoms with van der Waals surface area (Å²) in [5.74, 6) is 3.32. The molecule has 2 atom stereocenters. The third kappa shape index (κ3) is 4.80. The summed E-state index contributed by atoms with van der Waals surface area (Å²) in [4.78, 5) is 12.0. The topological polar surface area (TPSA) is 58.6 Å². The van der Waals surface area contributed by atoms with Gasteiger partial charge in [-0.25, -0.2) is 0 Å². The van der Waals surface area contributed by atoms with Crippen LogP contribution in [0.4, 0.5) is 0 Å². The van der Waals surface area contributed by atoms with E-state index in [0.717, 1.165) is 25.7 Å². The molecule has 0 spiro atoms. The number of ether oxygens (including phenoxy) is 1. The van der Waals surface area contributed by atoms with Crippen LogP contribution in [0.15, 0.2) is 24.3 Å². The second-order valence-electron chi connectivity index (χ2n) is 5.41. The van der Waals surface area contributed by atoms with Gasteiger partial charge in [-0.1, -0.05) is 12.3 Å². The largest absolute Gasteiger partial charge is 0.481 e. The van der Waals surface area contributed by atoms with Crippen molar-refractivity contribution in [2.24, 2.45) is 5.92 Å². The Bertz CT molecular complexity index is 504. The van der Waals surface area contributed by atoms with Crippen molar-refractivity contribution in [1.29, 1.82) is 0 Å². The van der Waals surface area contributed by atoms with Gasteiger partial charge in [-0.15, -0.1) is 6.42 Å². The maximum absolute atomic E-state index is 12.0. The van der Waals surface area contributed by atoms with Crippen molar-refractivity contribution in [2.75, 3.05) is 13.2 Å². The molecular weight excluding hydrogens is 266 g/mol. The lowest BCUT2D eigenvalue weighted by atomic mass is 9.87. The van der Waals surface area contributed by atoms with Crippen molar-refractivity contribution < 1.29 is 14.6 Å². The fraction of sp³-hybridized carbons (Fsp3) is 0.471. The van der Waals surface area contributed by atoms with Gasteiger partial charge in [0.2, 0.25) is 0 Å². The van der Waals surface area contributed by atoms with E-state index >= 15 is 0 Å². The predicted octanol–water partition coefficient (Wildman–Crippen LogP) is 1.98. The van der Waals surface area contributed by atoms with E-state index in [9.17, 15) is 9.90 Å². The second kappa shape index (κ2) is 7.70. The zero-order valence-electron chi connectivity index (χ0n) is 12.0. The molecule has 0 bridgehead atoms.